The first kappa shape index (κ1) is 16.2. The van der Waals surface area contributed by atoms with Crippen molar-refractivity contribution >= 4 is 39.1 Å². The molecule has 0 fully saturated rings. The van der Waals surface area contributed by atoms with E-state index in [9.17, 15) is 13.2 Å². The first-order valence-electron chi connectivity index (χ1n) is 5.57. The molecular weight excluding hydrogens is 311 g/mol. The van der Waals surface area contributed by atoms with Gasteiger partial charge in [-0.15, -0.1) is 0 Å². The summed E-state index contributed by atoms with van der Waals surface area (Å²) in [7, 11) is -4.03. The number of halogens is 2. The first-order chi connectivity index (χ1) is 8.77. The first-order valence-corrected chi connectivity index (χ1v) is 7.87. The predicted octanol–water partition coefficient (Wildman–Crippen LogP) is 2.17. The lowest BCUT2D eigenvalue weighted by molar-refractivity contribution is 0.0953. The fourth-order valence-corrected chi connectivity index (χ4v) is 2.86. The second-order valence-corrected chi connectivity index (χ2v) is 6.26. The number of primary sulfonamides is 1. The molecule has 5 nitrogen and oxygen atoms in total. The van der Waals surface area contributed by atoms with Crippen molar-refractivity contribution in [3.05, 3.63) is 27.7 Å². The highest BCUT2D eigenvalue weighted by atomic mass is 35.5. The van der Waals surface area contributed by atoms with Gasteiger partial charge in [0.1, 0.15) is 4.90 Å². The van der Waals surface area contributed by atoms with Crippen LogP contribution in [0, 0.1) is 0 Å². The summed E-state index contributed by atoms with van der Waals surface area (Å²) in [6, 6.07) is 2.42. The van der Waals surface area contributed by atoms with Crippen molar-refractivity contribution in [2.45, 2.75) is 24.7 Å². The van der Waals surface area contributed by atoms with Gasteiger partial charge in [-0.1, -0.05) is 36.5 Å². The maximum Gasteiger partial charge on any atom is 0.252 e. The van der Waals surface area contributed by atoms with Crippen LogP contribution in [0.15, 0.2) is 17.0 Å². The monoisotopic (exact) mass is 324 g/mol. The van der Waals surface area contributed by atoms with Gasteiger partial charge in [-0.05, 0) is 18.6 Å². The number of benzene rings is 1. The maximum absolute atomic E-state index is 11.9. The summed E-state index contributed by atoms with van der Waals surface area (Å²) in [5.41, 5.74) is -0.00528. The van der Waals surface area contributed by atoms with Gasteiger partial charge in [0.05, 0.1) is 10.6 Å². The minimum Gasteiger partial charge on any atom is -0.352 e. The Labute approximate surface area is 122 Å². The molecule has 1 aromatic carbocycles. The summed E-state index contributed by atoms with van der Waals surface area (Å²) in [5.74, 6) is -0.481. The molecule has 1 rings (SSSR count). The van der Waals surface area contributed by atoms with Crippen molar-refractivity contribution < 1.29 is 13.2 Å². The van der Waals surface area contributed by atoms with Gasteiger partial charge in [0.15, 0.2) is 0 Å². The van der Waals surface area contributed by atoms with Gasteiger partial charge in [0.25, 0.3) is 5.91 Å². The lowest BCUT2D eigenvalue weighted by Crippen LogP contribution is -2.25. The van der Waals surface area contributed by atoms with Crippen molar-refractivity contribution in [2.24, 2.45) is 5.14 Å². The van der Waals surface area contributed by atoms with Crippen LogP contribution in [0.5, 0.6) is 0 Å². The Morgan fingerprint density at radius 3 is 2.53 bits per heavy atom. The molecule has 0 atom stereocenters. The Bertz CT molecular complexity index is 588. The lowest BCUT2D eigenvalue weighted by atomic mass is 10.2. The highest BCUT2D eigenvalue weighted by Gasteiger charge is 2.20. The molecule has 0 bridgehead atoms. The lowest BCUT2D eigenvalue weighted by Gasteiger charge is -2.09. The number of nitrogens with one attached hydrogen (secondary N) is 1. The number of hydrogen-bond acceptors (Lipinski definition) is 3. The third-order valence-electron chi connectivity index (χ3n) is 2.37. The van der Waals surface area contributed by atoms with Crippen LogP contribution in [0.4, 0.5) is 0 Å². The zero-order chi connectivity index (χ0) is 14.6. The average Bonchev–Trinajstić information content (AvgIpc) is 2.30. The standard InChI is InChI=1S/C11H14Cl2N2O3S/c1-2-3-4-15-11(16)8-5-7(12)6-9(10(8)13)19(14,17)18/h5-6H,2-4H2,1H3,(H,15,16)(H2,14,17,18). The van der Waals surface area contributed by atoms with Gasteiger partial charge in [-0.3, -0.25) is 4.79 Å². The van der Waals surface area contributed by atoms with Gasteiger partial charge in [-0.2, -0.15) is 0 Å². The van der Waals surface area contributed by atoms with Crippen LogP contribution in [-0.2, 0) is 10.0 Å². The normalized spacial score (nSPS) is 11.4. The molecule has 0 radical (unpaired) electrons. The van der Waals surface area contributed by atoms with E-state index in [1.54, 1.807) is 0 Å². The molecule has 3 N–H and O–H groups in total. The molecule has 0 spiro atoms. The molecule has 8 heteroatoms. The number of carbonyl (C=O) groups excluding carboxylic acids is 1. The van der Waals surface area contributed by atoms with E-state index in [0.717, 1.165) is 18.9 Å². The fourth-order valence-electron chi connectivity index (χ4n) is 1.41. The number of rotatable bonds is 5. The highest BCUT2D eigenvalue weighted by molar-refractivity contribution is 7.89. The van der Waals surface area contributed by atoms with Gasteiger partial charge >= 0.3 is 0 Å². The smallest absolute Gasteiger partial charge is 0.252 e. The van der Waals surface area contributed by atoms with E-state index >= 15 is 0 Å². The second kappa shape index (κ2) is 6.56. The fraction of sp³-hybridized carbons (Fsp3) is 0.364. The molecule has 0 saturated carbocycles. The van der Waals surface area contributed by atoms with Crippen molar-refractivity contribution in [1.82, 2.24) is 5.32 Å². The highest BCUT2D eigenvalue weighted by Crippen LogP contribution is 2.28. The molecule has 106 valence electrons. The predicted molar refractivity (Wildman–Crippen MR) is 75.1 cm³/mol. The molecule has 1 amide bonds. The molecule has 0 saturated heterocycles. The summed E-state index contributed by atoms with van der Waals surface area (Å²) in [5, 5.41) is 7.50. The minimum atomic E-state index is -4.03. The summed E-state index contributed by atoms with van der Waals surface area (Å²) in [6.07, 6.45) is 1.73. The van der Waals surface area contributed by atoms with E-state index < -0.39 is 15.9 Å². The van der Waals surface area contributed by atoms with E-state index in [0.29, 0.717) is 6.54 Å². The Balaban J connectivity index is 3.15. The third-order valence-corrected chi connectivity index (χ3v) is 4.04. The van der Waals surface area contributed by atoms with Gasteiger partial charge in [-0.25, -0.2) is 13.6 Å². The maximum atomic E-state index is 11.9. The minimum absolute atomic E-state index is 0.00528. The SMILES string of the molecule is CCCCNC(=O)c1cc(Cl)cc(S(N)(=O)=O)c1Cl. The van der Waals surface area contributed by atoms with Crippen molar-refractivity contribution in [2.75, 3.05) is 6.54 Å². The molecule has 0 aromatic heterocycles. The largest absolute Gasteiger partial charge is 0.352 e. The number of unbranched alkanes of at least 4 members (excludes halogenated alkanes) is 1. The third kappa shape index (κ3) is 4.35. The molecule has 0 unspecified atom stereocenters. The van der Waals surface area contributed by atoms with Crippen LogP contribution in [0.3, 0.4) is 0 Å². The van der Waals surface area contributed by atoms with E-state index in [1.807, 2.05) is 6.92 Å². The summed E-state index contributed by atoms with van der Waals surface area (Å²) >= 11 is 11.7. The van der Waals surface area contributed by atoms with E-state index in [2.05, 4.69) is 5.32 Å². The second-order valence-electron chi connectivity index (χ2n) is 3.92. The zero-order valence-corrected chi connectivity index (χ0v) is 12.6. The van der Waals surface area contributed by atoms with Crippen LogP contribution >= 0.6 is 23.2 Å². The molecule has 19 heavy (non-hydrogen) atoms. The average molecular weight is 325 g/mol. The Morgan fingerprint density at radius 1 is 1.37 bits per heavy atom. The molecular formula is C11H14Cl2N2O3S. The molecule has 0 aliphatic carbocycles. The van der Waals surface area contributed by atoms with Crippen LogP contribution in [-0.4, -0.2) is 20.9 Å². The zero-order valence-electron chi connectivity index (χ0n) is 10.2. The number of nitrogens with two attached hydrogens (primary N) is 1. The quantitative estimate of drug-likeness (QED) is 0.813. The van der Waals surface area contributed by atoms with Crippen molar-refractivity contribution in [3.8, 4) is 0 Å². The van der Waals surface area contributed by atoms with Crippen LogP contribution in [0.2, 0.25) is 10.0 Å². The molecule has 0 heterocycles. The van der Waals surface area contributed by atoms with Gasteiger partial charge in [0, 0.05) is 11.6 Å². The Kier molecular flexibility index (Phi) is 5.61. The van der Waals surface area contributed by atoms with Gasteiger partial charge in [0.2, 0.25) is 10.0 Å². The number of carbonyl (C=O) groups is 1. The van der Waals surface area contributed by atoms with Crippen LogP contribution < -0.4 is 10.5 Å². The number of hydrogen-bond donors (Lipinski definition) is 2. The summed E-state index contributed by atoms with van der Waals surface area (Å²) < 4.78 is 22.7. The number of sulfonamides is 1. The Hall–Kier alpha value is -0.820. The molecule has 0 aliphatic rings. The molecule has 0 aliphatic heterocycles. The van der Waals surface area contributed by atoms with Crippen LogP contribution in [0.1, 0.15) is 30.1 Å². The van der Waals surface area contributed by atoms with Crippen molar-refractivity contribution in [1.29, 1.82) is 0 Å². The van der Waals surface area contributed by atoms with Gasteiger partial charge < -0.3 is 5.32 Å². The number of amides is 1. The topological polar surface area (TPSA) is 89.3 Å². The van der Waals surface area contributed by atoms with E-state index in [1.165, 1.54) is 6.07 Å². The van der Waals surface area contributed by atoms with E-state index in [-0.39, 0.29) is 20.5 Å². The van der Waals surface area contributed by atoms with E-state index in [4.69, 9.17) is 28.3 Å². The Morgan fingerprint density at radius 2 is 2.00 bits per heavy atom. The summed E-state index contributed by atoms with van der Waals surface area (Å²) in [6.45, 7) is 2.46. The molecule has 1 aromatic rings. The van der Waals surface area contributed by atoms with Crippen LogP contribution in [0.25, 0.3) is 0 Å². The van der Waals surface area contributed by atoms with Crippen molar-refractivity contribution in [3.63, 3.8) is 0 Å². The summed E-state index contributed by atoms with van der Waals surface area (Å²) in [4.78, 5) is 11.5.